The number of aromatic nitrogens is 2. The molecule has 6 heteroatoms. The molecule has 0 aliphatic carbocycles. The Labute approximate surface area is 116 Å². The van der Waals surface area contributed by atoms with Gasteiger partial charge in [0, 0.05) is 13.2 Å². The van der Waals surface area contributed by atoms with E-state index in [4.69, 9.17) is 0 Å². The molecule has 1 fully saturated rings. The van der Waals surface area contributed by atoms with Crippen molar-refractivity contribution in [1.82, 2.24) is 15.1 Å². The average molecular weight is 270 g/mol. The molecule has 6 nitrogen and oxygen atoms in total. The molecule has 2 amide bonds. The highest BCUT2D eigenvalue weighted by Crippen LogP contribution is 2.23. The van der Waals surface area contributed by atoms with Crippen molar-refractivity contribution in [2.75, 3.05) is 11.4 Å². The molecule has 1 N–H and O–H groups in total. The van der Waals surface area contributed by atoms with Crippen molar-refractivity contribution in [2.24, 2.45) is 7.05 Å². The monoisotopic (exact) mass is 270 g/mol. The molecule has 0 spiro atoms. The summed E-state index contributed by atoms with van der Waals surface area (Å²) in [6, 6.07) is 8.58. The van der Waals surface area contributed by atoms with Gasteiger partial charge in [0.2, 0.25) is 5.91 Å². The lowest BCUT2D eigenvalue weighted by Gasteiger charge is -2.31. The van der Waals surface area contributed by atoms with E-state index in [9.17, 15) is 9.59 Å². The van der Waals surface area contributed by atoms with Crippen LogP contribution in [0, 0.1) is 0 Å². The molecule has 102 valence electrons. The number of nitrogens with zero attached hydrogens (tertiary/aromatic N) is 3. The second kappa shape index (κ2) is 4.80. The maximum Gasteiger partial charge on any atom is 0.254 e. The Hall–Kier alpha value is -2.63. The minimum absolute atomic E-state index is 0.0217. The van der Waals surface area contributed by atoms with E-state index in [2.05, 4.69) is 10.4 Å². The highest BCUT2D eigenvalue weighted by atomic mass is 16.2. The van der Waals surface area contributed by atoms with Crippen molar-refractivity contribution in [3.05, 3.63) is 48.3 Å². The standard InChI is InChI=1S/C14H14N4O2/c1-17-8-11(7-15-17)18-9-12(19)16-13(14(18)20)10-5-3-2-4-6-10/h2-8,13H,9H2,1H3,(H,16,19). The first kappa shape index (κ1) is 12.4. The Bertz CT molecular complexity index is 650. The fourth-order valence-corrected chi connectivity index (χ4v) is 2.28. The molecule has 1 unspecified atom stereocenters. The van der Waals surface area contributed by atoms with Gasteiger partial charge in [-0.2, -0.15) is 5.10 Å². The molecule has 0 bridgehead atoms. The van der Waals surface area contributed by atoms with Gasteiger partial charge in [-0.05, 0) is 5.56 Å². The van der Waals surface area contributed by atoms with Gasteiger partial charge in [0.1, 0.15) is 12.6 Å². The second-order valence-electron chi connectivity index (χ2n) is 4.71. The number of carbonyl (C=O) groups excluding carboxylic acids is 2. The van der Waals surface area contributed by atoms with Crippen molar-refractivity contribution < 1.29 is 9.59 Å². The van der Waals surface area contributed by atoms with Gasteiger partial charge in [-0.15, -0.1) is 0 Å². The highest BCUT2D eigenvalue weighted by Gasteiger charge is 2.34. The average Bonchev–Trinajstić information content (AvgIpc) is 2.88. The van der Waals surface area contributed by atoms with Crippen LogP contribution in [-0.2, 0) is 16.6 Å². The molecule has 1 aromatic carbocycles. The van der Waals surface area contributed by atoms with Gasteiger partial charge in [-0.3, -0.25) is 19.2 Å². The SMILES string of the molecule is Cn1cc(N2CC(=O)NC(c3ccccc3)C2=O)cn1. The fourth-order valence-electron chi connectivity index (χ4n) is 2.28. The molecule has 2 aromatic rings. The van der Waals surface area contributed by atoms with E-state index in [1.54, 1.807) is 24.1 Å². The molecule has 1 saturated heterocycles. The number of hydrogen-bond acceptors (Lipinski definition) is 3. The van der Waals surface area contributed by atoms with Gasteiger partial charge in [-0.1, -0.05) is 30.3 Å². The fraction of sp³-hybridized carbons (Fsp3) is 0.214. The molecule has 1 atom stereocenters. The van der Waals surface area contributed by atoms with Crippen LogP contribution in [0.5, 0.6) is 0 Å². The zero-order valence-corrected chi connectivity index (χ0v) is 11.0. The maximum atomic E-state index is 12.6. The molecule has 1 aliphatic heterocycles. The van der Waals surface area contributed by atoms with Crippen LogP contribution in [0.25, 0.3) is 0 Å². The van der Waals surface area contributed by atoms with Crippen molar-refractivity contribution in [3.63, 3.8) is 0 Å². The third kappa shape index (κ3) is 2.16. The number of hydrogen-bond donors (Lipinski definition) is 1. The number of amides is 2. The van der Waals surface area contributed by atoms with E-state index in [1.807, 2.05) is 30.3 Å². The number of carbonyl (C=O) groups is 2. The summed E-state index contributed by atoms with van der Waals surface area (Å²) in [6.07, 6.45) is 3.30. The van der Waals surface area contributed by atoms with Gasteiger partial charge >= 0.3 is 0 Å². The van der Waals surface area contributed by atoms with E-state index in [-0.39, 0.29) is 18.4 Å². The summed E-state index contributed by atoms with van der Waals surface area (Å²) in [6.45, 7) is 0.0217. The molecule has 3 rings (SSSR count). The van der Waals surface area contributed by atoms with E-state index < -0.39 is 6.04 Å². The highest BCUT2D eigenvalue weighted by molar-refractivity contribution is 6.06. The minimum atomic E-state index is -0.641. The van der Waals surface area contributed by atoms with Crippen LogP contribution in [0.4, 0.5) is 5.69 Å². The van der Waals surface area contributed by atoms with Crippen LogP contribution in [0.15, 0.2) is 42.7 Å². The lowest BCUT2D eigenvalue weighted by atomic mass is 10.0. The van der Waals surface area contributed by atoms with Crippen molar-refractivity contribution in [1.29, 1.82) is 0 Å². The molecule has 1 aliphatic rings. The van der Waals surface area contributed by atoms with Gasteiger partial charge in [-0.25, -0.2) is 0 Å². The molecule has 0 radical (unpaired) electrons. The van der Waals surface area contributed by atoms with Crippen LogP contribution in [0.3, 0.4) is 0 Å². The molecule has 0 saturated carbocycles. The maximum absolute atomic E-state index is 12.6. The first-order valence-corrected chi connectivity index (χ1v) is 6.29. The van der Waals surface area contributed by atoms with Crippen LogP contribution >= 0.6 is 0 Å². The third-order valence-corrected chi connectivity index (χ3v) is 3.26. The zero-order chi connectivity index (χ0) is 14.1. The number of benzene rings is 1. The van der Waals surface area contributed by atoms with Gasteiger partial charge in [0.15, 0.2) is 0 Å². The Morgan fingerprint density at radius 2 is 2.00 bits per heavy atom. The zero-order valence-electron chi connectivity index (χ0n) is 11.0. The van der Waals surface area contributed by atoms with Gasteiger partial charge < -0.3 is 5.32 Å². The number of nitrogens with one attached hydrogen (secondary N) is 1. The summed E-state index contributed by atoms with van der Waals surface area (Å²) in [5, 5.41) is 6.77. The normalized spacial score (nSPS) is 19.1. The number of piperazine rings is 1. The quantitative estimate of drug-likeness (QED) is 0.870. The Balaban J connectivity index is 1.94. The van der Waals surface area contributed by atoms with Crippen molar-refractivity contribution >= 4 is 17.5 Å². The second-order valence-corrected chi connectivity index (χ2v) is 4.71. The minimum Gasteiger partial charge on any atom is -0.339 e. The number of rotatable bonds is 2. The van der Waals surface area contributed by atoms with Gasteiger partial charge in [0.05, 0.1) is 11.9 Å². The van der Waals surface area contributed by atoms with E-state index in [0.717, 1.165) is 5.56 Å². The van der Waals surface area contributed by atoms with E-state index in [1.165, 1.54) is 4.90 Å². The lowest BCUT2D eigenvalue weighted by Crippen LogP contribution is -2.53. The summed E-state index contributed by atoms with van der Waals surface area (Å²) >= 11 is 0. The van der Waals surface area contributed by atoms with Crippen molar-refractivity contribution in [3.8, 4) is 0 Å². The van der Waals surface area contributed by atoms with Crippen molar-refractivity contribution in [2.45, 2.75) is 6.04 Å². The Morgan fingerprint density at radius 1 is 1.25 bits per heavy atom. The lowest BCUT2D eigenvalue weighted by molar-refractivity contribution is -0.131. The summed E-state index contributed by atoms with van der Waals surface area (Å²) < 4.78 is 1.60. The smallest absolute Gasteiger partial charge is 0.254 e. The Kier molecular flexibility index (Phi) is 2.98. The summed E-state index contributed by atoms with van der Waals surface area (Å²) in [5.74, 6) is -0.328. The Morgan fingerprint density at radius 3 is 2.65 bits per heavy atom. The first-order valence-electron chi connectivity index (χ1n) is 6.29. The van der Waals surface area contributed by atoms with Crippen LogP contribution < -0.4 is 10.2 Å². The predicted octanol–water partition coefficient (Wildman–Crippen LogP) is 0.624. The number of aryl methyl sites for hydroxylation is 1. The first-order chi connectivity index (χ1) is 9.65. The third-order valence-electron chi connectivity index (χ3n) is 3.26. The molecule has 2 heterocycles. The summed E-state index contributed by atoms with van der Waals surface area (Å²) in [4.78, 5) is 25.9. The predicted molar refractivity (Wildman–Crippen MR) is 72.9 cm³/mol. The van der Waals surface area contributed by atoms with E-state index in [0.29, 0.717) is 5.69 Å². The molecular weight excluding hydrogens is 256 g/mol. The number of anilines is 1. The molecule has 20 heavy (non-hydrogen) atoms. The molecule has 1 aromatic heterocycles. The largest absolute Gasteiger partial charge is 0.339 e. The van der Waals surface area contributed by atoms with E-state index >= 15 is 0 Å². The van der Waals surface area contributed by atoms with Crippen LogP contribution in [0.1, 0.15) is 11.6 Å². The molecular formula is C14H14N4O2. The van der Waals surface area contributed by atoms with Crippen LogP contribution in [-0.4, -0.2) is 28.1 Å². The van der Waals surface area contributed by atoms with Gasteiger partial charge in [0.25, 0.3) is 5.91 Å². The summed E-state index contributed by atoms with van der Waals surface area (Å²) in [5.41, 5.74) is 1.41. The topological polar surface area (TPSA) is 67.2 Å². The van der Waals surface area contributed by atoms with Crippen LogP contribution in [0.2, 0.25) is 0 Å². The summed E-state index contributed by atoms with van der Waals surface area (Å²) in [7, 11) is 1.77.